The summed E-state index contributed by atoms with van der Waals surface area (Å²) in [6.07, 6.45) is 3.33. The van der Waals surface area contributed by atoms with Gasteiger partial charge in [0.1, 0.15) is 0 Å². The fourth-order valence-corrected chi connectivity index (χ4v) is 1.35. The first-order chi connectivity index (χ1) is 8.54. The molecule has 0 unspecified atom stereocenters. The number of esters is 1. The number of aromatic carboxylic acids is 1. The van der Waals surface area contributed by atoms with Crippen molar-refractivity contribution >= 4 is 23.7 Å². The van der Waals surface area contributed by atoms with Gasteiger partial charge in [-0.1, -0.05) is 12.2 Å². The highest BCUT2D eigenvalue weighted by molar-refractivity contribution is 5.89. The van der Waals surface area contributed by atoms with Gasteiger partial charge >= 0.3 is 11.9 Å². The van der Waals surface area contributed by atoms with Crippen LogP contribution in [0.25, 0.3) is 6.08 Å². The Morgan fingerprint density at radius 3 is 2.78 bits per heavy atom. The number of nitrogen functional groups attached to an aromatic ring is 1. The number of carbonyl (C=O) groups is 2. The summed E-state index contributed by atoms with van der Waals surface area (Å²) in [6.45, 7) is 2.07. The molecule has 0 aliphatic heterocycles. The molecule has 0 aromatic heterocycles. The smallest absolute Gasteiger partial charge is 0.335 e. The number of ether oxygens (including phenoxy) is 1. The first-order valence-electron chi connectivity index (χ1n) is 5.49. The van der Waals surface area contributed by atoms with Gasteiger partial charge in [-0.25, -0.2) is 4.79 Å². The third-order valence-electron chi connectivity index (χ3n) is 2.22. The number of carboxylic acid groups (broad SMARTS) is 1. The predicted octanol–water partition coefficient (Wildman–Crippen LogP) is 1.93. The quantitative estimate of drug-likeness (QED) is 0.614. The summed E-state index contributed by atoms with van der Waals surface area (Å²) in [5.74, 6) is -1.35. The Bertz CT molecular complexity index is 480. The molecule has 0 aliphatic carbocycles. The summed E-state index contributed by atoms with van der Waals surface area (Å²) >= 11 is 0. The normalized spacial score (nSPS) is 10.5. The molecule has 0 fully saturated rings. The minimum Gasteiger partial charge on any atom is -0.478 e. The molecule has 0 amide bonds. The van der Waals surface area contributed by atoms with Crippen molar-refractivity contribution in [2.75, 3.05) is 12.3 Å². The van der Waals surface area contributed by atoms with E-state index in [1.165, 1.54) is 18.2 Å². The van der Waals surface area contributed by atoms with E-state index in [2.05, 4.69) is 0 Å². The predicted molar refractivity (Wildman–Crippen MR) is 68.1 cm³/mol. The topological polar surface area (TPSA) is 89.6 Å². The van der Waals surface area contributed by atoms with Crippen LogP contribution < -0.4 is 5.73 Å². The van der Waals surface area contributed by atoms with Gasteiger partial charge in [-0.2, -0.15) is 0 Å². The monoisotopic (exact) mass is 249 g/mol. The molecular weight excluding hydrogens is 234 g/mol. The van der Waals surface area contributed by atoms with E-state index in [-0.39, 0.29) is 18.0 Å². The van der Waals surface area contributed by atoms with Gasteiger partial charge in [0.2, 0.25) is 0 Å². The molecule has 0 spiro atoms. The highest BCUT2D eigenvalue weighted by atomic mass is 16.5. The van der Waals surface area contributed by atoms with Crippen LogP contribution >= 0.6 is 0 Å². The van der Waals surface area contributed by atoms with Crippen molar-refractivity contribution in [3.8, 4) is 0 Å². The van der Waals surface area contributed by atoms with Crippen LogP contribution in [0.3, 0.4) is 0 Å². The second-order valence-electron chi connectivity index (χ2n) is 3.56. The lowest BCUT2D eigenvalue weighted by Gasteiger charge is -2.02. The van der Waals surface area contributed by atoms with Gasteiger partial charge in [-0.05, 0) is 30.7 Å². The van der Waals surface area contributed by atoms with Crippen LogP contribution in [0.15, 0.2) is 24.3 Å². The number of hydrogen-bond donors (Lipinski definition) is 2. The fraction of sp³-hybridized carbons (Fsp3) is 0.231. The molecule has 5 heteroatoms. The van der Waals surface area contributed by atoms with E-state index >= 15 is 0 Å². The van der Waals surface area contributed by atoms with Crippen LogP contribution in [0.2, 0.25) is 0 Å². The molecule has 96 valence electrons. The number of hydrogen-bond acceptors (Lipinski definition) is 4. The second-order valence-corrected chi connectivity index (χ2v) is 3.56. The van der Waals surface area contributed by atoms with E-state index in [1.54, 1.807) is 19.1 Å². The third-order valence-corrected chi connectivity index (χ3v) is 2.22. The number of carbonyl (C=O) groups excluding carboxylic acids is 1. The highest BCUT2D eigenvalue weighted by Gasteiger charge is 2.05. The third kappa shape index (κ3) is 3.93. The van der Waals surface area contributed by atoms with E-state index in [0.29, 0.717) is 17.9 Å². The van der Waals surface area contributed by atoms with E-state index in [9.17, 15) is 9.59 Å². The zero-order chi connectivity index (χ0) is 13.5. The van der Waals surface area contributed by atoms with Gasteiger partial charge < -0.3 is 15.6 Å². The molecule has 0 bridgehead atoms. The van der Waals surface area contributed by atoms with Gasteiger partial charge in [0, 0.05) is 5.69 Å². The Kier molecular flexibility index (Phi) is 4.92. The maximum Gasteiger partial charge on any atom is 0.335 e. The molecule has 3 N–H and O–H groups in total. The SMILES string of the molecule is CCOC(=O)CC=Cc1cc(C(=O)O)ccc1N. The van der Waals surface area contributed by atoms with Crippen molar-refractivity contribution in [2.24, 2.45) is 0 Å². The van der Waals surface area contributed by atoms with Crippen molar-refractivity contribution in [2.45, 2.75) is 13.3 Å². The van der Waals surface area contributed by atoms with E-state index in [0.717, 1.165) is 0 Å². The highest BCUT2D eigenvalue weighted by Crippen LogP contribution is 2.16. The zero-order valence-corrected chi connectivity index (χ0v) is 10.1. The van der Waals surface area contributed by atoms with E-state index in [1.807, 2.05) is 0 Å². The summed E-state index contributed by atoms with van der Waals surface area (Å²) in [5, 5.41) is 8.84. The number of benzene rings is 1. The molecule has 1 aromatic carbocycles. The van der Waals surface area contributed by atoms with Crippen molar-refractivity contribution in [1.82, 2.24) is 0 Å². The summed E-state index contributed by atoms with van der Waals surface area (Å²) in [4.78, 5) is 21.9. The summed E-state index contributed by atoms with van der Waals surface area (Å²) < 4.78 is 4.76. The van der Waals surface area contributed by atoms with Crippen molar-refractivity contribution in [1.29, 1.82) is 0 Å². The number of carboxylic acids is 1. The lowest BCUT2D eigenvalue weighted by molar-refractivity contribution is -0.142. The van der Waals surface area contributed by atoms with Gasteiger partial charge in [0.15, 0.2) is 0 Å². The fourth-order valence-electron chi connectivity index (χ4n) is 1.35. The van der Waals surface area contributed by atoms with Gasteiger partial charge in [0.25, 0.3) is 0 Å². The first-order valence-corrected chi connectivity index (χ1v) is 5.49. The number of rotatable bonds is 5. The molecule has 5 nitrogen and oxygen atoms in total. The zero-order valence-electron chi connectivity index (χ0n) is 10.1. The Labute approximate surface area is 105 Å². The Balaban J connectivity index is 2.77. The average Bonchev–Trinajstić information content (AvgIpc) is 2.31. The van der Waals surface area contributed by atoms with Crippen LogP contribution in [0.5, 0.6) is 0 Å². The molecule has 0 saturated heterocycles. The van der Waals surface area contributed by atoms with Crippen LogP contribution in [0.4, 0.5) is 5.69 Å². The molecular formula is C13H15NO4. The maximum atomic E-state index is 11.1. The summed E-state index contributed by atoms with van der Waals surface area (Å²) in [7, 11) is 0. The average molecular weight is 249 g/mol. The second kappa shape index (κ2) is 6.44. The Morgan fingerprint density at radius 1 is 1.44 bits per heavy atom. The molecule has 0 atom stereocenters. The Hall–Kier alpha value is -2.30. The Morgan fingerprint density at radius 2 is 2.17 bits per heavy atom. The molecule has 0 aliphatic rings. The molecule has 0 heterocycles. The molecule has 1 aromatic rings. The number of anilines is 1. The van der Waals surface area contributed by atoms with Crippen molar-refractivity contribution < 1.29 is 19.4 Å². The molecule has 1 rings (SSSR count). The van der Waals surface area contributed by atoms with Gasteiger partial charge in [-0.3, -0.25) is 4.79 Å². The van der Waals surface area contributed by atoms with Crippen molar-refractivity contribution in [3.63, 3.8) is 0 Å². The van der Waals surface area contributed by atoms with Gasteiger partial charge in [0.05, 0.1) is 18.6 Å². The minimum atomic E-state index is -1.02. The van der Waals surface area contributed by atoms with Crippen LogP contribution in [-0.4, -0.2) is 23.7 Å². The first kappa shape index (κ1) is 13.8. The minimum absolute atomic E-state index is 0.130. The van der Waals surface area contributed by atoms with Crippen LogP contribution in [0.1, 0.15) is 29.3 Å². The van der Waals surface area contributed by atoms with Crippen LogP contribution in [-0.2, 0) is 9.53 Å². The maximum absolute atomic E-state index is 11.1. The van der Waals surface area contributed by atoms with Gasteiger partial charge in [-0.15, -0.1) is 0 Å². The lowest BCUT2D eigenvalue weighted by Crippen LogP contribution is -2.01. The largest absolute Gasteiger partial charge is 0.478 e. The van der Waals surface area contributed by atoms with E-state index in [4.69, 9.17) is 15.6 Å². The van der Waals surface area contributed by atoms with E-state index < -0.39 is 5.97 Å². The van der Waals surface area contributed by atoms with Crippen molar-refractivity contribution in [3.05, 3.63) is 35.4 Å². The summed E-state index contributed by atoms with van der Waals surface area (Å²) in [5.41, 5.74) is 6.88. The standard InChI is InChI=1S/C13H15NO4/c1-2-18-12(15)5-3-4-9-8-10(13(16)17)6-7-11(9)14/h3-4,6-8H,2,5,14H2,1H3,(H,16,17). The molecule has 0 radical (unpaired) electrons. The summed E-state index contributed by atoms with van der Waals surface area (Å²) in [6, 6.07) is 4.41. The number of nitrogens with two attached hydrogens (primary N) is 1. The molecule has 0 saturated carbocycles. The lowest BCUT2D eigenvalue weighted by atomic mass is 10.1. The molecule has 18 heavy (non-hydrogen) atoms. The van der Waals surface area contributed by atoms with Crippen LogP contribution in [0, 0.1) is 0 Å².